The van der Waals surface area contributed by atoms with Crippen molar-refractivity contribution in [2.45, 2.75) is 32.4 Å². The summed E-state index contributed by atoms with van der Waals surface area (Å²) in [6.45, 7) is 2.75. The van der Waals surface area contributed by atoms with E-state index in [0.717, 1.165) is 16.7 Å². The van der Waals surface area contributed by atoms with Gasteiger partial charge in [-0.1, -0.05) is 42.0 Å². The maximum absolute atomic E-state index is 13.3. The Morgan fingerprint density at radius 2 is 1.93 bits per heavy atom. The first kappa shape index (κ1) is 21.0. The van der Waals surface area contributed by atoms with Gasteiger partial charge in [-0.3, -0.25) is 9.59 Å². The molecule has 2 aromatic carbocycles. The van der Waals surface area contributed by atoms with Crippen molar-refractivity contribution < 1.29 is 18.7 Å². The predicted molar refractivity (Wildman–Crippen MR) is 108 cm³/mol. The van der Waals surface area contributed by atoms with E-state index in [0.29, 0.717) is 25.9 Å². The molecule has 0 saturated carbocycles. The van der Waals surface area contributed by atoms with E-state index in [1.807, 2.05) is 31.2 Å². The van der Waals surface area contributed by atoms with E-state index < -0.39 is 0 Å². The zero-order valence-corrected chi connectivity index (χ0v) is 16.9. The summed E-state index contributed by atoms with van der Waals surface area (Å²) >= 11 is 0. The fraction of sp³-hybridized carbons (Fsp3) is 0.391. The average molecular weight is 398 g/mol. The molecule has 0 bridgehead atoms. The van der Waals surface area contributed by atoms with E-state index in [4.69, 9.17) is 4.74 Å². The summed E-state index contributed by atoms with van der Waals surface area (Å²) in [6.07, 6.45) is 1.31. The Bertz CT molecular complexity index is 853. The SMILES string of the molecule is COCC(=O)N1CC(C(=O)NCc2cccc(C)c2)CCC1c1ccc(F)cc1. The number of benzene rings is 2. The summed E-state index contributed by atoms with van der Waals surface area (Å²) < 4.78 is 18.3. The minimum absolute atomic E-state index is 0.0463. The number of halogens is 1. The number of carbonyl (C=O) groups is 2. The molecule has 5 nitrogen and oxygen atoms in total. The second-order valence-corrected chi connectivity index (χ2v) is 7.53. The van der Waals surface area contributed by atoms with Crippen molar-refractivity contribution in [2.75, 3.05) is 20.3 Å². The second-order valence-electron chi connectivity index (χ2n) is 7.53. The number of amides is 2. The minimum atomic E-state index is -0.312. The molecule has 154 valence electrons. The fourth-order valence-corrected chi connectivity index (χ4v) is 3.85. The largest absolute Gasteiger partial charge is 0.375 e. The van der Waals surface area contributed by atoms with Crippen molar-refractivity contribution in [3.63, 3.8) is 0 Å². The van der Waals surface area contributed by atoms with Crippen molar-refractivity contribution in [2.24, 2.45) is 5.92 Å². The van der Waals surface area contributed by atoms with E-state index in [9.17, 15) is 14.0 Å². The molecule has 1 heterocycles. The highest BCUT2D eigenvalue weighted by atomic mass is 19.1. The van der Waals surface area contributed by atoms with Gasteiger partial charge in [-0.15, -0.1) is 0 Å². The quantitative estimate of drug-likeness (QED) is 0.812. The van der Waals surface area contributed by atoms with Crippen molar-refractivity contribution >= 4 is 11.8 Å². The molecule has 2 unspecified atom stereocenters. The highest BCUT2D eigenvalue weighted by Gasteiger charge is 2.35. The van der Waals surface area contributed by atoms with E-state index in [1.54, 1.807) is 17.0 Å². The van der Waals surface area contributed by atoms with Crippen molar-refractivity contribution in [3.05, 3.63) is 71.0 Å². The summed E-state index contributed by atoms with van der Waals surface area (Å²) in [5.74, 6) is -0.817. The number of hydrogen-bond donors (Lipinski definition) is 1. The lowest BCUT2D eigenvalue weighted by atomic mass is 9.88. The van der Waals surface area contributed by atoms with Crippen LogP contribution >= 0.6 is 0 Å². The highest BCUT2D eigenvalue weighted by Crippen LogP contribution is 2.33. The van der Waals surface area contributed by atoms with Crippen molar-refractivity contribution in [3.8, 4) is 0 Å². The Balaban J connectivity index is 1.68. The number of nitrogens with one attached hydrogen (secondary N) is 1. The molecule has 0 radical (unpaired) electrons. The normalized spacial score (nSPS) is 19.1. The molecule has 0 aliphatic carbocycles. The van der Waals surface area contributed by atoms with Crippen LogP contribution in [-0.4, -0.2) is 37.0 Å². The first-order valence-corrected chi connectivity index (χ1v) is 9.85. The Kier molecular flexibility index (Phi) is 6.99. The number of methoxy groups -OCH3 is 1. The molecule has 2 aromatic rings. The Morgan fingerprint density at radius 1 is 1.17 bits per heavy atom. The summed E-state index contributed by atoms with van der Waals surface area (Å²) in [5, 5.41) is 2.99. The molecular weight excluding hydrogens is 371 g/mol. The number of rotatable bonds is 6. The average Bonchev–Trinajstić information content (AvgIpc) is 2.72. The molecule has 3 rings (SSSR count). The van der Waals surface area contributed by atoms with Crippen LogP contribution in [-0.2, 0) is 20.9 Å². The number of carbonyl (C=O) groups excluding carboxylic acids is 2. The number of hydrogen-bond acceptors (Lipinski definition) is 3. The summed E-state index contributed by atoms with van der Waals surface area (Å²) in [5.41, 5.74) is 3.06. The van der Waals surface area contributed by atoms with Gasteiger partial charge in [-0.25, -0.2) is 4.39 Å². The van der Waals surface area contributed by atoms with Crippen LogP contribution in [0.25, 0.3) is 0 Å². The number of piperidine rings is 1. The monoisotopic (exact) mass is 398 g/mol. The van der Waals surface area contributed by atoms with Crippen molar-refractivity contribution in [1.82, 2.24) is 10.2 Å². The van der Waals surface area contributed by atoms with Gasteiger partial charge in [0.2, 0.25) is 11.8 Å². The van der Waals surface area contributed by atoms with E-state index in [-0.39, 0.29) is 36.2 Å². The zero-order valence-electron chi connectivity index (χ0n) is 16.9. The number of ether oxygens (including phenoxy) is 1. The van der Waals surface area contributed by atoms with Gasteiger partial charge in [0.05, 0.1) is 12.0 Å². The third-order valence-electron chi connectivity index (χ3n) is 5.34. The first-order chi connectivity index (χ1) is 14.0. The van der Waals surface area contributed by atoms with Crippen LogP contribution in [0.1, 0.15) is 35.6 Å². The third-order valence-corrected chi connectivity index (χ3v) is 5.34. The Labute approximate surface area is 170 Å². The molecule has 6 heteroatoms. The lowest BCUT2D eigenvalue weighted by Gasteiger charge is -2.39. The van der Waals surface area contributed by atoms with E-state index >= 15 is 0 Å². The molecule has 29 heavy (non-hydrogen) atoms. The van der Waals surface area contributed by atoms with Gasteiger partial charge in [-0.05, 0) is 43.0 Å². The molecule has 2 atom stereocenters. The van der Waals surface area contributed by atoms with Crippen LogP contribution in [0.3, 0.4) is 0 Å². The van der Waals surface area contributed by atoms with Crippen LogP contribution in [0.2, 0.25) is 0 Å². The smallest absolute Gasteiger partial charge is 0.249 e. The molecule has 0 spiro atoms. The molecular formula is C23H27FN2O3. The lowest BCUT2D eigenvalue weighted by molar-refractivity contribution is -0.142. The second kappa shape index (κ2) is 9.65. The summed E-state index contributed by atoms with van der Waals surface area (Å²) in [4.78, 5) is 27.1. The lowest BCUT2D eigenvalue weighted by Crippen LogP contribution is -2.47. The van der Waals surface area contributed by atoms with Crippen LogP contribution in [0.5, 0.6) is 0 Å². The van der Waals surface area contributed by atoms with Gasteiger partial charge in [0.1, 0.15) is 12.4 Å². The first-order valence-electron chi connectivity index (χ1n) is 9.85. The molecule has 1 aliphatic heterocycles. The Hall–Kier alpha value is -2.73. The number of likely N-dealkylation sites (tertiary alicyclic amines) is 1. The molecule has 1 fully saturated rings. The van der Waals surface area contributed by atoms with Gasteiger partial charge in [0.25, 0.3) is 0 Å². The van der Waals surface area contributed by atoms with Gasteiger partial charge < -0.3 is 15.0 Å². The van der Waals surface area contributed by atoms with Gasteiger partial charge >= 0.3 is 0 Å². The number of nitrogens with zero attached hydrogens (tertiary/aromatic N) is 1. The highest BCUT2D eigenvalue weighted by molar-refractivity contribution is 5.82. The molecule has 2 amide bonds. The van der Waals surface area contributed by atoms with Gasteiger partial charge in [0.15, 0.2) is 0 Å². The Morgan fingerprint density at radius 3 is 2.62 bits per heavy atom. The summed E-state index contributed by atoms with van der Waals surface area (Å²) in [7, 11) is 1.47. The van der Waals surface area contributed by atoms with Crippen LogP contribution in [0.15, 0.2) is 48.5 Å². The molecule has 1 aliphatic rings. The predicted octanol–water partition coefficient (Wildman–Crippen LogP) is 3.38. The van der Waals surface area contributed by atoms with Crippen molar-refractivity contribution in [1.29, 1.82) is 0 Å². The van der Waals surface area contributed by atoms with Crippen LogP contribution in [0, 0.1) is 18.7 Å². The summed E-state index contributed by atoms with van der Waals surface area (Å²) in [6, 6.07) is 14.0. The molecule has 1 saturated heterocycles. The zero-order chi connectivity index (χ0) is 20.8. The maximum atomic E-state index is 13.3. The van der Waals surface area contributed by atoms with E-state index in [2.05, 4.69) is 5.32 Å². The van der Waals surface area contributed by atoms with E-state index in [1.165, 1.54) is 19.2 Å². The molecule has 1 N–H and O–H groups in total. The van der Waals surface area contributed by atoms with Gasteiger partial charge in [0, 0.05) is 20.2 Å². The third kappa shape index (κ3) is 5.41. The maximum Gasteiger partial charge on any atom is 0.249 e. The minimum Gasteiger partial charge on any atom is -0.375 e. The number of aryl methyl sites for hydroxylation is 1. The van der Waals surface area contributed by atoms with Crippen LogP contribution < -0.4 is 5.32 Å². The fourth-order valence-electron chi connectivity index (χ4n) is 3.85. The van der Waals surface area contributed by atoms with Gasteiger partial charge in [-0.2, -0.15) is 0 Å². The van der Waals surface area contributed by atoms with Crippen LogP contribution in [0.4, 0.5) is 4.39 Å². The topological polar surface area (TPSA) is 58.6 Å². The standard InChI is InChI=1S/C23H27FN2O3/c1-16-4-3-5-17(12-16)13-25-23(28)19-8-11-21(18-6-9-20(24)10-7-18)26(14-19)22(27)15-29-2/h3-7,9-10,12,19,21H,8,11,13-15H2,1-2H3,(H,25,28). The molecule has 0 aromatic heterocycles.